The summed E-state index contributed by atoms with van der Waals surface area (Å²) >= 11 is 0. The highest BCUT2D eigenvalue weighted by atomic mass is 16.6. The van der Waals surface area contributed by atoms with E-state index in [1.54, 1.807) is 0 Å². The molecule has 0 amide bonds. The lowest BCUT2D eigenvalue weighted by molar-refractivity contribution is -0.174. The number of hydrogen-bond acceptors (Lipinski definition) is 7. The third-order valence-corrected chi connectivity index (χ3v) is 4.97. The summed E-state index contributed by atoms with van der Waals surface area (Å²) in [7, 11) is 0. The molecule has 6 N–H and O–H groups in total. The molecule has 0 bridgehead atoms. The van der Waals surface area contributed by atoms with Gasteiger partial charge in [0.1, 0.15) is 0 Å². The summed E-state index contributed by atoms with van der Waals surface area (Å²) in [4.78, 5) is 63.9. The van der Waals surface area contributed by atoms with Gasteiger partial charge in [0.05, 0.1) is 23.7 Å². The topological polar surface area (TPSA) is 233 Å². The summed E-state index contributed by atoms with van der Waals surface area (Å²) in [6.45, 7) is 0. The van der Waals surface area contributed by atoms with E-state index in [1.165, 1.54) is 0 Å². The van der Waals surface area contributed by atoms with E-state index in [2.05, 4.69) is 0 Å². The molecule has 31 heavy (non-hydrogen) atoms. The first-order chi connectivity index (χ1) is 14.4. The Morgan fingerprint density at radius 1 is 0.484 bits per heavy atom. The van der Waals surface area contributed by atoms with E-state index in [-0.39, 0.29) is 0 Å². The van der Waals surface area contributed by atoms with Crippen molar-refractivity contribution in [1.29, 1.82) is 0 Å². The second-order valence-electron chi connectivity index (χ2n) is 6.98. The zero-order valence-electron chi connectivity index (χ0n) is 16.5. The van der Waals surface area contributed by atoms with E-state index in [0.29, 0.717) is 25.7 Å². The smallest absolute Gasteiger partial charge is 0.481 e. The van der Waals surface area contributed by atoms with Gasteiger partial charge in [0.2, 0.25) is 0 Å². The SMILES string of the molecule is O=C(O)C1CCCCC1C(=O)OC(=O)C1CCCCC1C(=O)O.O=C(O)O.O=C(O)O. The average molecular weight is 450 g/mol. The van der Waals surface area contributed by atoms with Crippen molar-refractivity contribution in [2.75, 3.05) is 0 Å². The molecule has 2 fully saturated rings. The highest BCUT2D eigenvalue weighted by molar-refractivity contribution is 5.92. The Morgan fingerprint density at radius 3 is 0.935 bits per heavy atom. The van der Waals surface area contributed by atoms with Crippen molar-refractivity contribution in [3.63, 3.8) is 0 Å². The van der Waals surface area contributed by atoms with Crippen LogP contribution in [-0.2, 0) is 23.9 Å². The molecular weight excluding hydrogens is 424 g/mol. The van der Waals surface area contributed by atoms with Crippen LogP contribution in [0, 0.1) is 23.7 Å². The highest BCUT2D eigenvalue weighted by Crippen LogP contribution is 2.34. The molecule has 0 aromatic rings. The van der Waals surface area contributed by atoms with Crippen LogP contribution in [0.3, 0.4) is 0 Å². The van der Waals surface area contributed by atoms with Gasteiger partial charge in [-0.3, -0.25) is 19.2 Å². The predicted molar refractivity (Wildman–Crippen MR) is 98.6 cm³/mol. The summed E-state index contributed by atoms with van der Waals surface area (Å²) in [6, 6.07) is 0. The van der Waals surface area contributed by atoms with Crippen LogP contribution >= 0.6 is 0 Å². The highest BCUT2D eigenvalue weighted by Gasteiger charge is 2.41. The van der Waals surface area contributed by atoms with Gasteiger partial charge in [-0.05, 0) is 25.7 Å². The van der Waals surface area contributed by atoms with Crippen molar-refractivity contribution in [3.8, 4) is 0 Å². The molecule has 13 heteroatoms. The number of carboxylic acids is 2. The van der Waals surface area contributed by atoms with Crippen molar-refractivity contribution < 1.29 is 64.1 Å². The number of aliphatic carboxylic acids is 2. The van der Waals surface area contributed by atoms with Crippen LogP contribution in [0.5, 0.6) is 0 Å². The first-order valence-corrected chi connectivity index (χ1v) is 9.43. The molecule has 0 radical (unpaired) electrons. The molecule has 0 heterocycles. The maximum Gasteiger partial charge on any atom is 0.503 e. The molecule has 4 atom stereocenters. The maximum absolute atomic E-state index is 12.2. The van der Waals surface area contributed by atoms with Crippen molar-refractivity contribution in [2.45, 2.75) is 51.4 Å². The Balaban J connectivity index is 0.000000967. The quantitative estimate of drug-likeness (QED) is 0.267. The lowest BCUT2D eigenvalue weighted by Crippen LogP contribution is -2.38. The minimum atomic E-state index is -1.83. The van der Waals surface area contributed by atoms with Gasteiger partial charge in [-0.25, -0.2) is 9.59 Å². The molecular formula is C18H26O13. The van der Waals surface area contributed by atoms with Crippen LogP contribution < -0.4 is 0 Å². The second-order valence-corrected chi connectivity index (χ2v) is 6.98. The minimum absolute atomic E-state index is 0.385. The average Bonchev–Trinajstić information content (AvgIpc) is 2.67. The summed E-state index contributed by atoms with van der Waals surface area (Å²) in [6.07, 6.45) is 0.801. The predicted octanol–water partition coefficient (Wildman–Crippen LogP) is 2.28. The molecule has 2 rings (SSSR count). The molecule has 2 saturated carbocycles. The molecule has 176 valence electrons. The molecule has 4 unspecified atom stereocenters. The molecule has 0 aromatic heterocycles. The van der Waals surface area contributed by atoms with E-state index in [9.17, 15) is 29.4 Å². The summed E-state index contributed by atoms with van der Waals surface area (Å²) < 4.78 is 4.89. The molecule has 13 nitrogen and oxygen atoms in total. The largest absolute Gasteiger partial charge is 0.503 e. The van der Waals surface area contributed by atoms with Crippen LogP contribution in [0.15, 0.2) is 0 Å². The van der Waals surface area contributed by atoms with Crippen molar-refractivity contribution in [1.82, 2.24) is 0 Å². The number of carbonyl (C=O) groups excluding carboxylic acids is 2. The van der Waals surface area contributed by atoms with E-state index < -0.39 is 59.9 Å². The van der Waals surface area contributed by atoms with Crippen LogP contribution in [0.25, 0.3) is 0 Å². The molecule has 0 aliphatic heterocycles. The third kappa shape index (κ3) is 10.8. The Bertz CT molecular complexity index is 607. The summed E-state index contributed by atoms with van der Waals surface area (Å²) in [5.74, 6) is -7.06. The Morgan fingerprint density at radius 2 is 0.710 bits per heavy atom. The normalized spacial score (nSPS) is 24.6. The van der Waals surface area contributed by atoms with Crippen LogP contribution in [-0.4, -0.2) is 66.8 Å². The number of carbonyl (C=O) groups is 6. The second kappa shape index (κ2) is 13.8. The standard InChI is InChI=1S/C16H22O7.2CH2O3/c17-13(18)9-5-1-3-7-11(9)15(21)23-16(22)12-8-4-2-6-10(12)14(19)20;2*2-1(3)4/h9-12H,1-8H2,(H,17,18)(H,19,20);2*(H2,2,3,4). The maximum atomic E-state index is 12.2. The van der Waals surface area contributed by atoms with Gasteiger partial charge in [0, 0.05) is 0 Å². The summed E-state index contributed by atoms with van der Waals surface area (Å²) in [5, 5.41) is 46.3. The molecule has 2 aliphatic rings. The third-order valence-electron chi connectivity index (χ3n) is 4.97. The van der Waals surface area contributed by atoms with Crippen molar-refractivity contribution in [2.24, 2.45) is 23.7 Å². The zero-order valence-corrected chi connectivity index (χ0v) is 16.5. The Hall–Kier alpha value is -3.38. The van der Waals surface area contributed by atoms with Gasteiger partial charge in [-0.15, -0.1) is 0 Å². The summed E-state index contributed by atoms with van der Waals surface area (Å²) in [5.41, 5.74) is 0. The zero-order chi connectivity index (χ0) is 24.1. The van der Waals surface area contributed by atoms with Gasteiger partial charge in [0.25, 0.3) is 0 Å². The molecule has 0 aromatic carbocycles. The number of ether oxygens (including phenoxy) is 1. The van der Waals surface area contributed by atoms with E-state index in [0.717, 1.165) is 25.7 Å². The van der Waals surface area contributed by atoms with Gasteiger partial charge < -0.3 is 35.4 Å². The fourth-order valence-electron chi connectivity index (χ4n) is 3.67. The first-order valence-electron chi connectivity index (χ1n) is 9.43. The van der Waals surface area contributed by atoms with Crippen LogP contribution in [0.4, 0.5) is 9.59 Å². The number of hydrogen-bond donors (Lipinski definition) is 6. The van der Waals surface area contributed by atoms with Crippen LogP contribution in [0.1, 0.15) is 51.4 Å². The Labute approximate surface area is 176 Å². The van der Waals surface area contributed by atoms with E-state index in [1.807, 2.05) is 0 Å². The molecule has 0 spiro atoms. The van der Waals surface area contributed by atoms with Crippen LogP contribution in [0.2, 0.25) is 0 Å². The number of rotatable bonds is 4. The fraction of sp³-hybridized carbons (Fsp3) is 0.667. The van der Waals surface area contributed by atoms with E-state index in [4.69, 9.17) is 34.8 Å². The van der Waals surface area contributed by atoms with Crippen molar-refractivity contribution in [3.05, 3.63) is 0 Å². The lowest BCUT2D eigenvalue weighted by Gasteiger charge is -2.29. The van der Waals surface area contributed by atoms with Gasteiger partial charge in [-0.2, -0.15) is 0 Å². The van der Waals surface area contributed by atoms with E-state index >= 15 is 0 Å². The van der Waals surface area contributed by atoms with Gasteiger partial charge >= 0.3 is 36.2 Å². The number of carboxylic acid groups (broad SMARTS) is 6. The number of esters is 2. The monoisotopic (exact) mass is 450 g/mol. The van der Waals surface area contributed by atoms with Gasteiger partial charge in [0.15, 0.2) is 0 Å². The first kappa shape index (κ1) is 27.6. The van der Waals surface area contributed by atoms with Crippen molar-refractivity contribution >= 4 is 36.2 Å². The lowest BCUT2D eigenvalue weighted by atomic mass is 9.78. The molecule has 2 aliphatic carbocycles. The fourth-order valence-corrected chi connectivity index (χ4v) is 3.67. The van der Waals surface area contributed by atoms with Gasteiger partial charge in [-0.1, -0.05) is 25.7 Å². The Kier molecular flexibility index (Phi) is 12.3. The molecule has 0 saturated heterocycles. The minimum Gasteiger partial charge on any atom is -0.481 e.